The number of fused-ring (bicyclic) bond motifs is 3. The fourth-order valence-electron chi connectivity index (χ4n) is 3.84. The van der Waals surface area contributed by atoms with Crippen molar-refractivity contribution < 1.29 is 0 Å². The summed E-state index contributed by atoms with van der Waals surface area (Å²) in [5.74, 6) is 0. The predicted octanol–water partition coefficient (Wildman–Crippen LogP) is 3.67. The van der Waals surface area contributed by atoms with Gasteiger partial charge in [-0.15, -0.1) is 0 Å². The summed E-state index contributed by atoms with van der Waals surface area (Å²) < 4.78 is 6.61. The van der Waals surface area contributed by atoms with Gasteiger partial charge in [0.1, 0.15) is 0 Å². The van der Waals surface area contributed by atoms with Crippen molar-refractivity contribution in [3.63, 3.8) is 0 Å². The standard InChI is InChI=1S/3C7H5N2.Tl/c3*1-2-4-7-6(3-1)5-8-9-7;/h3*1-5H;/q3*-1;+3. The topological polar surface area (TPSA) is 53.5 Å². The maximum absolute atomic E-state index is 4.81. The van der Waals surface area contributed by atoms with Crippen molar-refractivity contribution in [2.75, 3.05) is 0 Å². The number of aromatic nitrogens is 6. The van der Waals surface area contributed by atoms with E-state index in [9.17, 15) is 0 Å². The van der Waals surface area contributed by atoms with Gasteiger partial charge in [-0.2, -0.15) is 0 Å². The van der Waals surface area contributed by atoms with Gasteiger partial charge in [0.05, 0.1) is 0 Å². The van der Waals surface area contributed by atoms with Crippen LogP contribution in [0.1, 0.15) is 0 Å². The van der Waals surface area contributed by atoms with Crippen LogP contribution in [0.2, 0.25) is 0 Å². The molecule has 0 bridgehead atoms. The van der Waals surface area contributed by atoms with Gasteiger partial charge in [-0.3, -0.25) is 0 Å². The molecule has 6 aromatic rings. The van der Waals surface area contributed by atoms with Crippen LogP contribution in [0.3, 0.4) is 0 Å². The molecule has 0 aliphatic heterocycles. The molecule has 0 fully saturated rings. The van der Waals surface area contributed by atoms with Crippen LogP contribution < -0.4 is 0 Å². The molecule has 132 valence electrons. The van der Waals surface area contributed by atoms with E-state index in [1.165, 1.54) is 0 Å². The number of hydrogen-bond donors (Lipinski definition) is 0. The summed E-state index contributed by atoms with van der Waals surface area (Å²) >= 11 is -3.30. The minimum atomic E-state index is -3.30. The molecular weight excluding hydrogens is 541 g/mol. The van der Waals surface area contributed by atoms with E-state index in [-0.39, 0.29) is 0 Å². The SMILES string of the molecule is c1ccc2c(c1)cn[n]2[Tl]([n]1ncc2ccccc21)[n]1ncc2ccccc21. The summed E-state index contributed by atoms with van der Waals surface area (Å²) in [7, 11) is 0. The van der Waals surface area contributed by atoms with Gasteiger partial charge >= 0.3 is 170 Å². The fourth-order valence-corrected chi connectivity index (χ4v) is 14.1. The van der Waals surface area contributed by atoms with E-state index in [1.54, 1.807) is 0 Å². The summed E-state index contributed by atoms with van der Waals surface area (Å²) in [6.45, 7) is 0. The zero-order valence-corrected chi connectivity index (χ0v) is 19.4. The van der Waals surface area contributed by atoms with Crippen molar-refractivity contribution in [2.24, 2.45) is 0 Å². The average molecular weight is 556 g/mol. The second-order valence-corrected chi connectivity index (χ2v) is 15.2. The monoisotopic (exact) mass is 556 g/mol. The molecule has 0 aliphatic carbocycles. The van der Waals surface area contributed by atoms with Crippen molar-refractivity contribution in [3.05, 3.63) is 91.4 Å². The summed E-state index contributed by atoms with van der Waals surface area (Å²) in [4.78, 5) is 0. The Hall–Kier alpha value is -3.01. The zero-order valence-electron chi connectivity index (χ0n) is 14.9. The molecule has 28 heavy (non-hydrogen) atoms. The molecule has 0 aliphatic rings. The van der Waals surface area contributed by atoms with Crippen LogP contribution in [-0.4, -0.2) is 46.4 Å². The van der Waals surface area contributed by atoms with E-state index in [2.05, 4.69) is 62.1 Å². The van der Waals surface area contributed by atoms with Crippen molar-refractivity contribution in [2.45, 2.75) is 0 Å². The first-order chi connectivity index (χ1) is 13.9. The van der Waals surface area contributed by atoms with E-state index in [1.807, 2.05) is 36.8 Å². The summed E-state index contributed by atoms with van der Waals surface area (Å²) in [5, 5.41) is 17.9. The van der Waals surface area contributed by atoms with Gasteiger partial charge < -0.3 is 0 Å². The molecule has 0 amide bonds. The van der Waals surface area contributed by atoms with Crippen molar-refractivity contribution in [1.29, 1.82) is 0 Å². The molecule has 3 aromatic heterocycles. The molecule has 0 radical (unpaired) electrons. The summed E-state index contributed by atoms with van der Waals surface area (Å²) in [6, 6.07) is 25.0. The third kappa shape index (κ3) is 2.34. The Balaban J connectivity index is 1.69. The molecule has 6 rings (SSSR count). The van der Waals surface area contributed by atoms with Gasteiger partial charge in [0.25, 0.3) is 0 Å². The van der Waals surface area contributed by atoms with Crippen molar-refractivity contribution >= 4 is 56.3 Å². The maximum atomic E-state index is 4.81. The Kier molecular flexibility index (Phi) is 3.58. The third-order valence-electron chi connectivity index (χ3n) is 5.17. The number of nitrogens with zero attached hydrogens (tertiary/aromatic N) is 6. The fraction of sp³-hybridized carbons (Fsp3) is 0. The van der Waals surface area contributed by atoms with Gasteiger partial charge in [0, 0.05) is 0 Å². The Morgan fingerprint density at radius 2 is 0.786 bits per heavy atom. The normalized spacial score (nSPS) is 11.6. The quantitative estimate of drug-likeness (QED) is 0.313. The molecule has 0 atom stereocenters. The first-order valence-electron chi connectivity index (χ1n) is 9.17. The molecule has 0 saturated carbocycles. The number of benzene rings is 3. The predicted molar refractivity (Wildman–Crippen MR) is 111 cm³/mol. The summed E-state index contributed by atoms with van der Waals surface area (Å²) in [6.07, 6.45) is 5.83. The van der Waals surface area contributed by atoms with Crippen LogP contribution in [0.5, 0.6) is 0 Å². The van der Waals surface area contributed by atoms with Crippen molar-refractivity contribution in [1.82, 2.24) is 22.8 Å². The zero-order chi connectivity index (χ0) is 18.5. The van der Waals surface area contributed by atoms with E-state index in [0.29, 0.717) is 0 Å². The van der Waals surface area contributed by atoms with Crippen LogP contribution in [-0.2, 0) is 0 Å². The molecule has 3 heterocycles. The Morgan fingerprint density at radius 3 is 1.14 bits per heavy atom. The molecule has 0 spiro atoms. The van der Waals surface area contributed by atoms with Crippen LogP contribution in [0.4, 0.5) is 0 Å². The van der Waals surface area contributed by atoms with Crippen LogP contribution in [0.25, 0.3) is 32.7 Å². The second-order valence-electron chi connectivity index (χ2n) is 6.79. The van der Waals surface area contributed by atoms with E-state index >= 15 is 0 Å². The first-order valence-corrected chi connectivity index (χ1v) is 15.2. The second kappa shape index (κ2) is 6.27. The van der Waals surface area contributed by atoms with Gasteiger partial charge in [0.2, 0.25) is 0 Å². The van der Waals surface area contributed by atoms with Crippen LogP contribution in [0.15, 0.2) is 91.4 Å². The molecule has 7 heteroatoms. The molecule has 0 unspecified atom stereocenters. The van der Waals surface area contributed by atoms with Crippen LogP contribution >= 0.6 is 0 Å². The Bertz CT molecular complexity index is 1270. The van der Waals surface area contributed by atoms with Crippen LogP contribution in [0, 0.1) is 0 Å². The Morgan fingerprint density at radius 1 is 0.464 bits per heavy atom. The van der Waals surface area contributed by atoms with Gasteiger partial charge in [-0.05, 0) is 0 Å². The van der Waals surface area contributed by atoms with Crippen molar-refractivity contribution in [3.8, 4) is 0 Å². The van der Waals surface area contributed by atoms with Gasteiger partial charge in [-0.25, -0.2) is 0 Å². The number of para-hydroxylation sites is 3. The van der Waals surface area contributed by atoms with E-state index < -0.39 is 23.6 Å². The summed E-state index contributed by atoms with van der Waals surface area (Å²) in [5.41, 5.74) is 3.40. The third-order valence-corrected chi connectivity index (χ3v) is 15.1. The molecule has 0 N–H and O–H groups in total. The number of hydrogen-bond acceptors (Lipinski definition) is 3. The number of rotatable bonds is 3. The van der Waals surface area contributed by atoms with E-state index in [0.717, 1.165) is 32.7 Å². The van der Waals surface area contributed by atoms with E-state index in [4.69, 9.17) is 15.3 Å². The first kappa shape index (κ1) is 16.0. The van der Waals surface area contributed by atoms with Gasteiger partial charge in [0.15, 0.2) is 0 Å². The minimum absolute atomic E-state index is 1.13. The average Bonchev–Trinajstić information content (AvgIpc) is 3.47. The molecular formula is C21H15N6Tl. The molecule has 6 nitrogen and oxygen atoms in total. The molecule has 0 saturated heterocycles. The molecule has 3 aromatic carbocycles. The Labute approximate surface area is 170 Å². The van der Waals surface area contributed by atoms with Gasteiger partial charge in [-0.1, -0.05) is 0 Å².